The van der Waals surface area contributed by atoms with Crippen LogP contribution in [-0.4, -0.2) is 57.9 Å². The summed E-state index contributed by atoms with van der Waals surface area (Å²) in [5.74, 6) is 1.27. The molecule has 2 aliphatic rings. The number of fused-ring (bicyclic) bond motifs is 1. The second-order valence-corrected chi connectivity index (χ2v) is 11.5. The monoisotopic (exact) mass is 549 g/mol. The molecule has 214 valence electrons. The van der Waals surface area contributed by atoms with Gasteiger partial charge < -0.3 is 15.0 Å². The van der Waals surface area contributed by atoms with Gasteiger partial charge in [0.2, 0.25) is 5.91 Å². The highest BCUT2D eigenvalue weighted by molar-refractivity contribution is 5.76. The van der Waals surface area contributed by atoms with Crippen LogP contribution in [-0.2, 0) is 17.8 Å². The Balaban J connectivity index is 1.35. The number of halogens is 1. The summed E-state index contributed by atoms with van der Waals surface area (Å²) in [4.78, 5) is 28.7. The first-order valence-corrected chi connectivity index (χ1v) is 14.5. The molecule has 2 atom stereocenters. The molecule has 1 saturated carbocycles. The van der Waals surface area contributed by atoms with E-state index in [9.17, 15) is 14.0 Å². The molecule has 1 aliphatic heterocycles. The minimum absolute atomic E-state index is 0.0368. The van der Waals surface area contributed by atoms with Gasteiger partial charge in [0.1, 0.15) is 6.54 Å². The van der Waals surface area contributed by atoms with Crippen molar-refractivity contribution in [2.24, 2.45) is 11.8 Å². The summed E-state index contributed by atoms with van der Waals surface area (Å²) in [5, 5.41) is 7.39. The van der Waals surface area contributed by atoms with Gasteiger partial charge in [-0.1, -0.05) is 31.4 Å². The minimum Gasteiger partial charge on any atom is -0.494 e. The zero-order valence-electron chi connectivity index (χ0n) is 23.7. The number of amides is 1. The van der Waals surface area contributed by atoms with Gasteiger partial charge in [-0.25, -0.2) is 9.18 Å². The number of nitrogens with zero attached hydrogens (tertiary/aromatic N) is 4. The third kappa shape index (κ3) is 6.30. The largest absolute Gasteiger partial charge is 0.494 e. The van der Waals surface area contributed by atoms with E-state index < -0.39 is 11.5 Å². The Morgan fingerprint density at radius 1 is 1.10 bits per heavy atom. The van der Waals surface area contributed by atoms with Gasteiger partial charge >= 0.3 is 5.69 Å². The normalized spacial score (nSPS) is 19.4. The molecule has 1 aliphatic carbocycles. The van der Waals surface area contributed by atoms with Crippen LogP contribution in [0.2, 0.25) is 0 Å². The van der Waals surface area contributed by atoms with Crippen LogP contribution in [0.25, 0.3) is 17.1 Å². The van der Waals surface area contributed by atoms with Crippen molar-refractivity contribution in [2.45, 2.75) is 65.0 Å². The van der Waals surface area contributed by atoms with E-state index in [0.717, 1.165) is 24.8 Å². The lowest BCUT2D eigenvalue weighted by Crippen LogP contribution is -2.42. The highest BCUT2D eigenvalue weighted by Crippen LogP contribution is 2.36. The molecule has 2 heterocycles. The number of methoxy groups -OCH3 is 1. The summed E-state index contributed by atoms with van der Waals surface area (Å²) in [7, 11) is 1.38. The molecule has 8 nitrogen and oxygen atoms in total. The zero-order valence-corrected chi connectivity index (χ0v) is 23.7. The summed E-state index contributed by atoms with van der Waals surface area (Å²) >= 11 is 0. The van der Waals surface area contributed by atoms with Crippen LogP contribution in [0.1, 0.15) is 51.5 Å². The van der Waals surface area contributed by atoms with Gasteiger partial charge in [0.25, 0.3) is 0 Å². The molecule has 1 N–H and O–H groups in total. The molecule has 9 heteroatoms. The van der Waals surface area contributed by atoms with Crippen molar-refractivity contribution in [1.82, 2.24) is 24.6 Å². The molecular formula is C31H40FN5O3. The first kappa shape index (κ1) is 28.1. The van der Waals surface area contributed by atoms with Crippen LogP contribution < -0.4 is 15.7 Å². The molecule has 5 rings (SSSR count). The minimum atomic E-state index is -0.518. The van der Waals surface area contributed by atoms with Crippen LogP contribution in [0.4, 0.5) is 4.39 Å². The SMILES string of the molecule is COc1cc(-c2nn(-c3ccc(CCN4CCC5CCCCC5C4)cc3)c(=O)n2CC(=O)NC(C)C)ccc1F. The Bertz CT molecular complexity index is 1380. The summed E-state index contributed by atoms with van der Waals surface area (Å²) < 4.78 is 21.8. The topological polar surface area (TPSA) is 81.4 Å². The van der Waals surface area contributed by atoms with Crippen LogP contribution in [0.3, 0.4) is 0 Å². The number of rotatable bonds is 9. The molecule has 3 aromatic rings. The molecule has 2 unspecified atom stereocenters. The lowest BCUT2D eigenvalue weighted by atomic mass is 9.75. The van der Waals surface area contributed by atoms with Crippen molar-refractivity contribution >= 4 is 5.91 Å². The zero-order chi connectivity index (χ0) is 28.2. The van der Waals surface area contributed by atoms with Crippen molar-refractivity contribution in [2.75, 3.05) is 26.7 Å². The number of nitrogens with one attached hydrogen (secondary N) is 1. The van der Waals surface area contributed by atoms with Gasteiger partial charge in [0.15, 0.2) is 17.4 Å². The molecule has 2 fully saturated rings. The van der Waals surface area contributed by atoms with Gasteiger partial charge in [-0.15, -0.1) is 5.10 Å². The molecule has 2 aromatic carbocycles. The molecular weight excluding hydrogens is 509 g/mol. The van der Waals surface area contributed by atoms with E-state index >= 15 is 0 Å². The van der Waals surface area contributed by atoms with Gasteiger partial charge in [-0.2, -0.15) is 4.68 Å². The molecule has 40 heavy (non-hydrogen) atoms. The van der Waals surface area contributed by atoms with E-state index in [1.165, 1.54) is 85.3 Å². The number of carbonyl (C=O) groups excluding carboxylic acids is 1. The average molecular weight is 550 g/mol. The van der Waals surface area contributed by atoms with Crippen LogP contribution in [0, 0.1) is 17.7 Å². The summed E-state index contributed by atoms with van der Waals surface area (Å²) in [5.41, 5.74) is 1.85. The van der Waals surface area contributed by atoms with Crippen molar-refractivity contribution in [3.63, 3.8) is 0 Å². The molecule has 1 saturated heterocycles. The van der Waals surface area contributed by atoms with E-state index in [2.05, 4.69) is 15.3 Å². The predicted molar refractivity (Wildman–Crippen MR) is 153 cm³/mol. The Kier molecular flexibility index (Phi) is 8.69. The number of carbonyl (C=O) groups is 1. The van der Waals surface area contributed by atoms with E-state index in [4.69, 9.17) is 4.74 Å². The van der Waals surface area contributed by atoms with Crippen molar-refractivity contribution in [3.8, 4) is 22.8 Å². The van der Waals surface area contributed by atoms with Crippen molar-refractivity contribution in [3.05, 3.63) is 64.3 Å². The molecule has 0 radical (unpaired) electrons. The average Bonchev–Trinajstić information content (AvgIpc) is 3.27. The quantitative estimate of drug-likeness (QED) is 0.427. The Hall–Kier alpha value is -3.46. The number of benzene rings is 2. The van der Waals surface area contributed by atoms with E-state index in [1.807, 2.05) is 38.1 Å². The summed E-state index contributed by atoms with van der Waals surface area (Å²) in [6, 6.07) is 12.1. The highest BCUT2D eigenvalue weighted by Gasteiger charge is 2.30. The molecule has 0 bridgehead atoms. The highest BCUT2D eigenvalue weighted by atomic mass is 19.1. The summed E-state index contributed by atoms with van der Waals surface area (Å²) in [6.07, 6.45) is 7.85. The van der Waals surface area contributed by atoms with Crippen LogP contribution >= 0.6 is 0 Å². The maximum Gasteiger partial charge on any atom is 0.351 e. The second-order valence-electron chi connectivity index (χ2n) is 11.5. The number of piperidine rings is 1. The Morgan fingerprint density at radius 2 is 1.85 bits per heavy atom. The molecule has 1 aromatic heterocycles. The number of hydrogen-bond donors (Lipinski definition) is 1. The van der Waals surface area contributed by atoms with E-state index in [0.29, 0.717) is 11.3 Å². The Labute approximate surface area is 235 Å². The smallest absolute Gasteiger partial charge is 0.351 e. The van der Waals surface area contributed by atoms with E-state index in [-0.39, 0.29) is 30.1 Å². The number of hydrogen-bond acceptors (Lipinski definition) is 5. The third-order valence-electron chi connectivity index (χ3n) is 8.30. The van der Waals surface area contributed by atoms with Gasteiger partial charge in [0.05, 0.1) is 12.8 Å². The second kappa shape index (κ2) is 12.4. The maximum absolute atomic E-state index is 14.1. The first-order valence-electron chi connectivity index (χ1n) is 14.5. The van der Waals surface area contributed by atoms with Gasteiger partial charge in [-0.05, 0) is 87.4 Å². The lowest BCUT2D eigenvalue weighted by Gasteiger charge is -2.41. The van der Waals surface area contributed by atoms with E-state index in [1.54, 1.807) is 0 Å². The molecule has 1 amide bonds. The molecule has 0 spiro atoms. The fourth-order valence-electron chi connectivity index (χ4n) is 6.20. The maximum atomic E-state index is 14.1. The predicted octanol–water partition coefficient (Wildman–Crippen LogP) is 4.43. The van der Waals surface area contributed by atoms with Gasteiger partial charge in [-0.3, -0.25) is 9.36 Å². The standard InChI is InChI=1S/C31H40FN5O3/c1-21(2)33-29(38)20-36-30(24-10-13-27(32)28(18-24)40-3)34-37(31(36)39)26-11-8-22(9-12-26)14-16-35-17-15-23-6-4-5-7-25(23)19-35/h8-13,18,21,23,25H,4-7,14-17,19-20H2,1-3H3,(H,33,38). The Morgan fingerprint density at radius 3 is 2.58 bits per heavy atom. The number of ether oxygens (including phenoxy) is 1. The lowest BCUT2D eigenvalue weighted by molar-refractivity contribution is -0.122. The number of likely N-dealkylation sites (tertiary alicyclic amines) is 1. The van der Waals surface area contributed by atoms with Crippen LogP contribution in [0.5, 0.6) is 5.75 Å². The fraction of sp³-hybridized carbons (Fsp3) is 0.516. The first-order chi connectivity index (χ1) is 19.3. The summed E-state index contributed by atoms with van der Waals surface area (Å²) in [6.45, 7) is 6.95. The van der Waals surface area contributed by atoms with Crippen LogP contribution in [0.15, 0.2) is 47.3 Å². The van der Waals surface area contributed by atoms with Gasteiger partial charge in [0, 0.05) is 24.7 Å². The van der Waals surface area contributed by atoms with Crippen molar-refractivity contribution < 1.29 is 13.9 Å². The van der Waals surface area contributed by atoms with Crippen molar-refractivity contribution in [1.29, 1.82) is 0 Å². The number of aromatic nitrogens is 3. The fourth-order valence-corrected chi connectivity index (χ4v) is 6.20. The third-order valence-corrected chi connectivity index (χ3v) is 8.30.